The quantitative estimate of drug-likeness (QED) is 0.819. The third-order valence-electron chi connectivity index (χ3n) is 4.65. The molecule has 0 unspecified atom stereocenters. The first-order valence-electron chi connectivity index (χ1n) is 9.17. The van der Waals surface area contributed by atoms with Gasteiger partial charge in [-0.3, -0.25) is 9.59 Å². The van der Waals surface area contributed by atoms with Crippen molar-refractivity contribution >= 4 is 23.2 Å². The lowest BCUT2D eigenvalue weighted by atomic mass is 9.95. The maximum absolute atomic E-state index is 12.1. The predicted octanol–water partition coefficient (Wildman–Crippen LogP) is 3.23. The molecule has 26 heavy (non-hydrogen) atoms. The van der Waals surface area contributed by atoms with E-state index in [1.807, 2.05) is 36.6 Å². The number of carbonyl (C=O) groups excluding carboxylic acids is 2. The Morgan fingerprint density at radius 3 is 2.50 bits per heavy atom. The first-order chi connectivity index (χ1) is 12.6. The van der Waals surface area contributed by atoms with Crippen LogP contribution >= 0.6 is 11.3 Å². The third kappa shape index (κ3) is 5.39. The summed E-state index contributed by atoms with van der Waals surface area (Å²) in [6.07, 6.45) is 5.97. The van der Waals surface area contributed by atoms with Gasteiger partial charge in [0.1, 0.15) is 0 Å². The Morgan fingerprint density at radius 1 is 1.12 bits per heavy atom. The van der Waals surface area contributed by atoms with Crippen LogP contribution in [0.2, 0.25) is 0 Å². The summed E-state index contributed by atoms with van der Waals surface area (Å²) in [5, 5.41) is 8.78. The fourth-order valence-corrected chi connectivity index (χ4v) is 3.86. The van der Waals surface area contributed by atoms with Crippen molar-refractivity contribution in [1.29, 1.82) is 0 Å². The topological polar surface area (TPSA) is 71.1 Å². The van der Waals surface area contributed by atoms with E-state index in [0.717, 1.165) is 34.7 Å². The smallest absolute Gasteiger partial charge is 0.239 e. The van der Waals surface area contributed by atoms with Crippen molar-refractivity contribution < 1.29 is 9.59 Å². The fourth-order valence-electron chi connectivity index (χ4n) is 3.24. The van der Waals surface area contributed by atoms with E-state index in [9.17, 15) is 9.59 Å². The van der Waals surface area contributed by atoms with Crippen molar-refractivity contribution in [3.05, 3.63) is 40.2 Å². The Labute approximate surface area is 158 Å². The molecule has 6 heteroatoms. The molecule has 2 amide bonds. The summed E-state index contributed by atoms with van der Waals surface area (Å²) in [5.41, 5.74) is 2.93. The molecule has 1 saturated carbocycles. The van der Waals surface area contributed by atoms with Crippen LogP contribution in [0.1, 0.15) is 42.7 Å². The highest BCUT2D eigenvalue weighted by Crippen LogP contribution is 2.22. The lowest BCUT2D eigenvalue weighted by Crippen LogP contribution is -2.43. The zero-order valence-electron chi connectivity index (χ0n) is 15.1. The third-order valence-corrected chi connectivity index (χ3v) is 5.42. The minimum Gasteiger partial charge on any atom is -0.352 e. The number of aromatic nitrogens is 1. The molecule has 1 aromatic carbocycles. The van der Waals surface area contributed by atoms with Crippen LogP contribution in [0.3, 0.4) is 0 Å². The van der Waals surface area contributed by atoms with E-state index < -0.39 is 0 Å². The molecule has 1 aliphatic carbocycles. The molecular weight excluding hydrogens is 346 g/mol. The van der Waals surface area contributed by atoms with Gasteiger partial charge in [-0.25, -0.2) is 4.98 Å². The summed E-state index contributed by atoms with van der Waals surface area (Å²) >= 11 is 1.62. The minimum atomic E-state index is -0.138. The average molecular weight is 372 g/mol. The first-order valence-corrected chi connectivity index (χ1v) is 10.1. The zero-order chi connectivity index (χ0) is 18.4. The van der Waals surface area contributed by atoms with Crippen LogP contribution in [0.25, 0.3) is 11.3 Å². The summed E-state index contributed by atoms with van der Waals surface area (Å²) in [6.45, 7) is 2.03. The number of nitrogens with zero attached hydrogens (tertiary/aromatic N) is 1. The van der Waals surface area contributed by atoms with Gasteiger partial charge in [-0.2, -0.15) is 0 Å². The normalized spacial score (nSPS) is 14.8. The Hall–Kier alpha value is -2.21. The van der Waals surface area contributed by atoms with Crippen LogP contribution in [0.15, 0.2) is 29.6 Å². The van der Waals surface area contributed by atoms with E-state index in [1.54, 1.807) is 11.3 Å². The molecule has 1 aliphatic rings. The summed E-state index contributed by atoms with van der Waals surface area (Å²) < 4.78 is 0. The highest BCUT2D eigenvalue weighted by molar-refractivity contribution is 7.09. The molecule has 0 atom stereocenters. The molecule has 0 aliphatic heterocycles. The molecule has 3 rings (SSSR count). The lowest BCUT2D eigenvalue weighted by molar-refractivity contribution is -0.126. The number of rotatable bonds is 6. The van der Waals surface area contributed by atoms with Crippen LogP contribution < -0.4 is 10.6 Å². The number of hydrogen-bond acceptors (Lipinski definition) is 4. The number of thiazole rings is 1. The second kappa shape index (κ2) is 8.94. The molecule has 2 aromatic rings. The summed E-state index contributed by atoms with van der Waals surface area (Å²) in [4.78, 5) is 28.5. The van der Waals surface area contributed by atoms with E-state index in [0.29, 0.717) is 0 Å². The van der Waals surface area contributed by atoms with E-state index in [1.165, 1.54) is 19.3 Å². The zero-order valence-corrected chi connectivity index (χ0v) is 15.9. The van der Waals surface area contributed by atoms with Gasteiger partial charge < -0.3 is 10.6 Å². The largest absolute Gasteiger partial charge is 0.352 e. The molecule has 138 valence electrons. The van der Waals surface area contributed by atoms with Gasteiger partial charge in [0.15, 0.2) is 0 Å². The molecule has 0 spiro atoms. The van der Waals surface area contributed by atoms with Gasteiger partial charge in [-0.1, -0.05) is 43.5 Å². The van der Waals surface area contributed by atoms with E-state index in [-0.39, 0.29) is 30.8 Å². The van der Waals surface area contributed by atoms with E-state index >= 15 is 0 Å². The lowest BCUT2D eigenvalue weighted by Gasteiger charge is -2.22. The Morgan fingerprint density at radius 2 is 1.85 bits per heavy atom. The maximum atomic E-state index is 12.1. The van der Waals surface area contributed by atoms with Crippen LogP contribution in [0.5, 0.6) is 0 Å². The average Bonchev–Trinajstić information content (AvgIpc) is 3.08. The van der Waals surface area contributed by atoms with Crippen LogP contribution in [-0.4, -0.2) is 29.4 Å². The highest BCUT2D eigenvalue weighted by atomic mass is 32.1. The van der Waals surface area contributed by atoms with E-state index in [2.05, 4.69) is 15.6 Å². The number of benzene rings is 1. The fraction of sp³-hybridized carbons (Fsp3) is 0.450. The van der Waals surface area contributed by atoms with Gasteiger partial charge in [0.25, 0.3) is 0 Å². The van der Waals surface area contributed by atoms with Gasteiger partial charge in [0.05, 0.1) is 23.7 Å². The number of nitrogens with one attached hydrogen (secondary N) is 2. The van der Waals surface area contributed by atoms with Gasteiger partial charge in [-0.15, -0.1) is 11.3 Å². The molecule has 1 heterocycles. The van der Waals surface area contributed by atoms with Crippen molar-refractivity contribution in [3.8, 4) is 11.3 Å². The monoisotopic (exact) mass is 371 g/mol. The molecule has 0 saturated heterocycles. The Bertz CT molecular complexity index is 749. The number of hydrogen-bond donors (Lipinski definition) is 2. The van der Waals surface area contributed by atoms with Crippen molar-refractivity contribution in [2.75, 3.05) is 6.54 Å². The Balaban J connectivity index is 1.43. The molecular formula is C20H25N3O2S. The second-order valence-electron chi connectivity index (χ2n) is 6.80. The standard InChI is InChI=1S/C20H25N3O2S/c1-14-22-18(13-26-14)16-9-7-15(8-10-16)11-19(24)21-12-20(25)23-17-5-3-2-4-6-17/h7-10,13,17H,2-6,11-12H2,1H3,(H,21,24)(H,23,25). The SMILES string of the molecule is Cc1nc(-c2ccc(CC(=O)NCC(=O)NC3CCCCC3)cc2)cs1. The Kier molecular flexibility index (Phi) is 6.39. The van der Waals surface area contributed by atoms with Gasteiger partial charge in [0, 0.05) is 17.0 Å². The molecule has 1 aromatic heterocycles. The van der Waals surface area contributed by atoms with Crippen molar-refractivity contribution in [1.82, 2.24) is 15.6 Å². The molecule has 2 N–H and O–H groups in total. The van der Waals surface area contributed by atoms with Gasteiger partial charge >= 0.3 is 0 Å². The number of aryl methyl sites for hydroxylation is 1. The number of amides is 2. The van der Waals surface area contributed by atoms with Gasteiger partial charge in [-0.05, 0) is 25.3 Å². The molecule has 5 nitrogen and oxygen atoms in total. The van der Waals surface area contributed by atoms with Crippen molar-refractivity contribution in [3.63, 3.8) is 0 Å². The number of carbonyl (C=O) groups is 2. The van der Waals surface area contributed by atoms with Crippen LogP contribution in [0.4, 0.5) is 0 Å². The minimum absolute atomic E-state index is 0.0471. The summed E-state index contributed by atoms with van der Waals surface area (Å²) in [5.74, 6) is -0.236. The van der Waals surface area contributed by atoms with Crippen molar-refractivity contribution in [2.24, 2.45) is 0 Å². The summed E-state index contributed by atoms with van der Waals surface area (Å²) in [7, 11) is 0. The van der Waals surface area contributed by atoms with Crippen LogP contribution in [0, 0.1) is 6.92 Å². The maximum Gasteiger partial charge on any atom is 0.239 e. The predicted molar refractivity (Wildman–Crippen MR) is 104 cm³/mol. The summed E-state index contributed by atoms with van der Waals surface area (Å²) in [6, 6.07) is 8.10. The van der Waals surface area contributed by atoms with Gasteiger partial charge in [0.2, 0.25) is 11.8 Å². The highest BCUT2D eigenvalue weighted by Gasteiger charge is 2.16. The molecule has 0 bridgehead atoms. The van der Waals surface area contributed by atoms with Crippen molar-refractivity contribution in [2.45, 2.75) is 51.5 Å². The first kappa shape index (κ1) is 18.6. The van der Waals surface area contributed by atoms with E-state index in [4.69, 9.17) is 0 Å². The van der Waals surface area contributed by atoms with Crippen LogP contribution in [-0.2, 0) is 16.0 Å². The second-order valence-corrected chi connectivity index (χ2v) is 7.87. The molecule has 1 fully saturated rings. The molecule has 0 radical (unpaired) electrons.